The molecule has 290 valence electrons. The van der Waals surface area contributed by atoms with Gasteiger partial charge in [-0.1, -0.05) is 175 Å². The zero-order valence-corrected chi connectivity index (χ0v) is 35.1. The molecule has 60 heavy (non-hydrogen) atoms. The van der Waals surface area contributed by atoms with Crippen LogP contribution in [0.1, 0.15) is 74.9 Å². The maximum Gasteiger partial charge on any atom is 0.488 e. The molecular weight excluding hydrogens is 727 g/mol. The highest BCUT2D eigenvalue weighted by Gasteiger charge is 2.39. The lowest BCUT2D eigenvalue weighted by Gasteiger charge is -2.24. The van der Waals surface area contributed by atoms with Gasteiger partial charge in [0, 0.05) is 16.2 Å². The van der Waals surface area contributed by atoms with E-state index in [1.807, 2.05) is 18.2 Å². The second-order valence-electron chi connectivity index (χ2n) is 18.8. The minimum atomic E-state index is -1.48. The molecule has 0 radical (unpaired) electrons. The van der Waals surface area contributed by atoms with Gasteiger partial charge in [-0.3, -0.25) is 0 Å². The lowest BCUT2D eigenvalue weighted by atomic mass is 9.75. The van der Waals surface area contributed by atoms with Crippen LogP contribution in [0, 0.1) is 0 Å². The van der Waals surface area contributed by atoms with Crippen molar-refractivity contribution in [3.63, 3.8) is 0 Å². The first kappa shape index (κ1) is 36.8. The zero-order chi connectivity index (χ0) is 41.3. The first-order valence-corrected chi connectivity index (χ1v) is 21.2. The quantitative estimate of drug-likeness (QED) is 0.171. The van der Waals surface area contributed by atoms with E-state index in [1.54, 1.807) is 0 Å². The highest BCUT2D eigenvalue weighted by atomic mass is 16.4. The summed E-state index contributed by atoms with van der Waals surface area (Å²) in [7, 11) is -1.48. The molecule has 3 aliphatic carbocycles. The van der Waals surface area contributed by atoms with Crippen molar-refractivity contribution in [2.45, 2.75) is 57.8 Å². The van der Waals surface area contributed by atoms with Crippen molar-refractivity contribution < 1.29 is 10.0 Å². The summed E-state index contributed by atoms with van der Waals surface area (Å²) in [6.45, 7) is 14.0. The van der Waals surface area contributed by atoms with Crippen molar-refractivity contribution in [1.29, 1.82) is 0 Å². The van der Waals surface area contributed by atoms with E-state index in [0.717, 1.165) is 5.56 Å². The molecule has 0 unspecified atom stereocenters. The molecule has 2 N–H and O–H groups in total. The van der Waals surface area contributed by atoms with Crippen LogP contribution in [0.3, 0.4) is 0 Å². The average molecular weight is 775 g/mol. The first-order chi connectivity index (χ1) is 28.8. The number of rotatable bonds is 5. The standard InChI is InChI=1S/C57H47BO2/c1-55(2)49-28-35(37-18-24-45-47-26-20-39(32-53(47)56(3,4)51(45)30-37)42-15-11-10-14-41(42)34-12-8-7-9-13-34)16-22-43(49)44-23-17-36(29-50(44)55)38-19-25-46-48-27-21-40(58(59)60)33-54(48)57(5,6)52(46)31-38/h7-33,59-60H,1-6H3. The van der Waals surface area contributed by atoms with Gasteiger partial charge in [0.05, 0.1) is 0 Å². The summed E-state index contributed by atoms with van der Waals surface area (Å²) in [4.78, 5) is 0. The molecule has 0 saturated heterocycles. The highest BCUT2D eigenvalue weighted by Crippen LogP contribution is 2.54. The minimum absolute atomic E-state index is 0.151. The molecular formula is C57H47BO2. The molecule has 3 heteroatoms. The molecule has 0 heterocycles. The predicted octanol–water partition coefficient (Wildman–Crippen LogP) is 13.0. The van der Waals surface area contributed by atoms with Gasteiger partial charge < -0.3 is 10.0 Å². The van der Waals surface area contributed by atoms with E-state index < -0.39 is 7.12 Å². The van der Waals surface area contributed by atoms with E-state index in [9.17, 15) is 10.0 Å². The van der Waals surface area contributed by atoms with Crippen molar-refractivity contribution in [1.82, 2.24) is 0 Å². The first-order valence-electron chi connectivity index (χ1n) is 21.2. The third kappa shape index (κ3) is 5.29. The van der Waals surface area contributed by atoms with Gasteiger partial charge in [0.1, 0.15) is 0 Å². The third-order valence-electron chi connectivity index (χ3n) is 14.3. The molecule has 0 saturated carbocycles. The molecule has 0 spiro atoms. The van der Waals surface area contributed by atoms with Gasteiger partial charge in [-0.25, -0.2) is 0 Å². The molecule has 0 aromatic heterocycles. The van der Waals surface area contributed by atoms with E-state index in [-0.39, 0.29) is 16.2 Å². The Morgan fingerprint density at radius 3 is 0.967 bits per heavy atom. The summed E-state index contributed by atoms with van der Waals surface area (Å²) >= 11 is 0. The smallest absolute Gasteiger partial charge is 0.423 e. The maximum absolute atomic E-state index is 9.90. The van der Waals surface area contributed by atoms with Crippen LogP contribution in [0.25, 0.3) is 77.9 Å². The molecule has 2 nitrogen and oxygen atoms in total. The molecule has 11 rings (SSSR count). The second kappa shape index (κ2) is 12.9. The van der Waals surface area contributed by atoms with Crippen LogP contribution >= 0.6 is 0 Å². The Balaban J connectivity index is 0.913. The van der Waals surface area contributed by atoms with Crippen molar-refractivity contribution in [2.75, 3.05) is 0 Å². The largest absolute Gasteiger partial charge is 0.488 e. The van der Waals surface area contributed by atoms with Crippen molar-refractivity contribution in [3.05, 3.63) is 197 Å². The van der Waals surface area contributed by atoms with Gasteiger partial charge >= 0.3 is 7.12 Å². The molecule has 0 atom stereocenters. The number of hydrogen-bond acceptors (Lipinski definition) is 2. The second-order valence-corrected chi connectivity index (χ2v) is 18.8. The molecule has 8 aromatic rings. The van der Waals surface area contributed by atoms with Gasteiger partial charge in [0.2, 0.25) is 0 Å². The Labute approximate surface area is 354 Å². The van der Waals surface area contributed by atoms with Crippen molar-refractivity contribution in [3.8, 4) is 77.9 Å². The van der Waals surface area contributed by atoms with Crippen LogP contribution in [0.2, 0.25) is 0 Å². The summed E-state index contributed by atoms with van der Waals surface area (Å²) in [5.74, 6) is 0. The third-order valence-corrected chi connectivity index (χ3v) is 14.3. The Morgan fingerprint density at radius 1 is 0.283 bits per heavy atom. The summed E-state index contributed by atoms with van der Waals surface area (Å²) in [5.41, 5.74) is 25.4. The van der Waals surface area contributed by atoms with Crippen LogP contribution in [0.4, 0.5) is 0 Å². The van der Waals surface area contributed by atoms with E-state index in [0.29, 0.717) is 5.46 Å². The zero-order valence-electron chi connectivity index (χ0n) is 35.1. The molecule has 0 fully saturated rings. The minimum Gasteiger partial charge on any atom is -0.423 e. The monoisotopic (exact) mass is 774 g/mol. The van der Waals surface area contributed by atoms with Crippen LogP contribution < -0.4 is 5.46 Å². The summed E-state index contributed by atoms with van der Waals surface area (Å²) in [5, 5.41) is 19.8. The van der Waals surface area contributed by atoms with Gasteiger partial charge in [-0.05, 0) is 147 Å². The molecule has 8 aromatic carbocycles. The Hall–Kier alpha value is -6.26. The van der Waals surface area contributed by atoms with E-state index in [1.165, 1.54) is 106 Å². The topological polar surface area (TPSA) is 40.5 Å². The number of benzene rings is 8. The van der Waals surface area contributed by atoms with Gasteiger partial charge in [-0.2, -0.15) is 0 Å². The predicted molar refractivity (Wildman–Crippen MR) is 251 cm³/mol. The van der Waals surface area contributed by atoms with Gasteiger partial charge in [-0.15, -0.1) is 0 Å². The Kier molecular flexibility index (Phi) is 7.89. The van der Waals surface area contributed by atoms with Crippen LogP contribution in [0.5, 0.6) is 0 Å². The molecule has 0 aliphatic heterocycles. The number of hydrogen-bond donors (Lipinski definition) is 2. The Bertz CT molecular complexity index is 3090. The van der Waals surface area contributed by atoms with E-state index in [2.05, 4.69) is 187 Å². The Morgan fingerprint density at radius 2 is 0.583 bits per heavy atom. The molecule has 0 amide bonds. The number of fused-ring (bicyclic) bond motifs is 9. The molecule has 0 bridgehead atoms. The van der Waals surface area contributed by atoms with Crippen LogP contribution in [0.15, 0.2) is 164 Å². The van der Waals surface area contributed by atoms with Gasteiger partial charge in [0.25, 0.3) is 0 Å². The highest BCUT2D eigenvalue weighted by molar-refractivity contribution is 6.58. The lowest BCUT2D eigenvalue weighted by Crippen LogP contribution is -2.31. The van der Waals surface area contributed by atoms with Gasteiger partial charge in [0.15, 0.2) is 0 Å². The van der Waals surface area contributed by atoms with E-state index in [4.69, 9.17) is 0 Å². The fraction of sp³-hybridized carbons (Fsp3) is 0.158. The van der Waals surface area contributed by atoms with Crippen molar-refractivity contribution >= 4 is 12.6 Å². The summed E-state index contributed by atoms with van der Waals surface area (Å²) in [6, 6.07) is 60.4. The lowest BCUT2D eigenvalue weighted by molar-refractivity contribution is 0.425. The molecule has 3 aliphatic rings. The average Bonchev–Trinajstić information content (AvgIpc) is 3.74. The van der Waals surface area contributed by atoms with Crippen LogP contribution in [-0.2, 0) is 16.2 Å². The fourth-order valence-corrected chi connectivity index (χ4v) is 10.9. The SMILES string of the molecule is CC1(C)c2cc(B(O)O)ccc2-c2ccc(-c3ccc4c(c3)C(C)(C)c3cc(-c5ccc6c(c5)C(C)(C)c5cc(-c7ccccc7-c7ccccc7)ccc5-6)ccc3-4)cc21. The fourth-order valence-electron chi connectivity index (χ4n) is 10.9. The van der Waals surface area contributed by atoms with Crippen molar-refractivity contribution in [2.24, 2.45) is 0 Å². The normalized spacial score (nSPS) is 15.4. The van der Waals surface area contributed by atoms with E-state index >= 15 is 0 Å². The van der Waals surface area contributed by atoms with Crippen LogP contribution in [-0.4, -0.2) is 17.2 Å². The summed E-state index contributed by atoms with van der Waals surface area (Å²) < 4.78 is 0. The summed E-state index contributed by atoms with van der Waals surface area (Å²) in [6.07, 6.45) is 0. The maximum atomic E-state index is 9.90.